The van der Waals surface area contributed by atoms with Gasteiger partial charge in [0.15, 0.2) is 0 Å². The minimum atomic E-state index is -0.596. The van der Waals surface area contributed by atoms with E-state index in [9.17, 15) is 9.90 Å². The molecule has 0 saturated carbocycles. The van der Waals surface area contributed by atoms with Crippen LogP contribution in [-0.4, -0.2) is 46.5 Å². The number of nitrogens with zero attached hydrogens (tertiary/aromatic N) is 6. The van der Waals surface area contributed by atoms with Crippen LogP contribution >= 0.6 is 0 Å². The van der Waals surface area contributed by atoms with Crippen LogP contribution in [0.5, 0.6) is 0 Å². The summed E-state index contributed by atoms with van der Waals surface area (Å²) in [5, 5.41) is 13.0. The summed E-state index contributed by atoms with van der Waals surface area (Å²) in [6, 6.07) is -0.486. The van der Waals surface area contributed by atoms with Gasteiger partial charge in [-0.05, 0) is 25.3 Å². The van der Waals surface area contributed by atoms with Gasteiger partial charge in [-0.2, -0.15) is 4.98 Å². The highest BCUT2D eigenvalue weighted by molar-refractivity contribution is 5.45. The molecule has 0 bridgehead atoms. The molecule has 0 aliphatic carbocycles. The maximum atomic E-state index is 12.4. The third kappa shape index (κ3) is 3.03. The van der Waals surface area contributed by atoms with Crippen LogP contribution in [0.25, 0.3) is 10.4 Å². The van der Waals surface area contributed by atoms with E-state index < -0.39 is 18.4 Å². The van der Waals surface area contributed by atoms with Crippen molar-refractivity contribution in [2.45, 2.75) is 44.6 Å². The lowest BCUT2D eigenvalue weighted by Gasteiger charge is -2.21. The largest absolute Gasteiger partial charge is 0.394 e. The molecule has 1 aromatic heterocycles. The molecule has 1 aromatic rings. The van der Waals surface area contributed by atoms with Crippen LogP contribution in [0.15, 0.2) is 16.1 Å². The predicted octanol–water partition coefficient (Wildman–Crippen LogP) is 1.11. The Kier molecular flexibility index (Phi) is 4.51. The summed E-state index contributed by atoms with van der Waals surface area (Å²) in [4.78, 5) is 21.5. The number of aliphatic hydroxyl groups is 1. The Morgan fingerprint density at radius 1 is 1.52 bits per heavy atom. The van der Waals surface area contributed by atoms with Gasteiger partial charge in [0.05, 0.1) is 18.8 Å². The lowest BCUT2D eigenvalue weighted by atomic mass is 10.1. The molecule has 1 N–H and O–H groups in total. The predicted molar refractivity (Wildman–Crippen MR) is 83.2 cm³/mol. The Bertz CT molecular complexity index is 678. The fourth-order valence-electron chi connectivity index (χ4n) is 3.25. The highest BCUT2D eigenvalue weighted by Gasteiger charge is 2.36. The molecule has 0 amide bonds. The van der Waals surface area contributed by atoms with Crippen molar-refractivity contribution in [2.24, 2.45) is 5.11 Å². The Hall–Kier alpha value is -2.09. The van der Waals surface area contributed by atoms with Gasteiger partial charge in [0.2, 0.25) is 0 Å². The van der Waals surface area contributed by atoms with Crippen LogP contribution in [0, 0.1) is 6.92 Å². The summed E-state index contributed by atoms with van der Waals surface area (Å²) in [7, 11) is 0. The van der Waals surface area contributed by atoms with Gasteiger partial charge in [-0.15, -0.1) is 0 Å². The van der Waals surface area contributed by atoms with Crippen molar-refractivity contribution in [1.82, 2.24) is 9.55 Å². The molecule has 3 rings (SSSR count). The van der Waals surface area contributed by atoms with E-state index in [2.05, 4.69) is 19.9 Å². The second-order valence-electron chi connectivity index (χ2n) is 5.95. The average Bonchev–Trinajstić information content (AvgIpc) is 3.19. The molecule has 2 saturated heterocycles. The zero-order valence-corrected chi connectivity index (χ0v) is 13.0. The maximum absolute atomic E-state index is 12.4. The van der Waals surface area contributed by atoms with E-state index in [4.69, 9.17) is 10.3 Å². The SMILES string of the molecule is Cc1cn([C@H]2CC(N=[N+]=[N-])[C@@H](CO)O2)c(=O)nc1N1CCCC1. The van der Waals surface area contributed by atoms with Crippen molar-refractivity contribution in [3.63, 3.8) is 0 Å². The Morgan fingerprint density at radius 2 is 2.26 bits per heavy atom. The Balaban J connectivity index is 1.87. The van der Waals surface area contributed by atoms with E-state index in [-0.39, 0.29) is 12.3 Å². The first kappa shape index (κ1) is 15.8. The number of hydrogen-bond acceptors (Lipinski definition) is 6. The minimum absolute atomic E-state index is 0.257. The van der Waals surface area contributed by atoms with Crippen molar-refractivity contribution < 1.29 is 9.84 Å². The standard InChI is InChI=1S/C14H20N6O3/c1-9-7-20(12-6-10(17-18-15)11(8-21)23-12)14(22)16-13(9)19-4-2-3-5-19/h7,10-12,21H,2-6,8H2,1H3/t10?,11-,12-/m1/s1. The summed E-state index contributed by atoms with van der Waals surface area (Å²) < 4.78 is 7.08. The maximum Gasteiger partial charge on any atom is 0.351 e. The number of rotatable bonds is 4. The van der Waals surface area contributed by atoms with Gasteiger partial charge in [-0.3, -0.25) is 4.57 Å². The molecule has 0 aromatic carbocycles. The molecule has 2 fully saturated rings. The van der Waals surface area contributed by atoms with Crippen LogP contribution in [0.2, 0.25) is 0 Å². The summed E-state index contributed by atoms with van der Waals surface area (Å²) in [6.07, 6.45) is 3.14. The van der Waals surface area contributed by atoms with Gasteiger partial charge in [0, 0.05) is 36.2 Å². The van der Waals surface area contributed by atoms with Crippen LogP contribution in [0.1, 0.15) is 31.1 Å². The molecule has 2 aliphatic rings. The molecule has 0 radical (unpaired) electrons. The van der Waals surface area contributed by atoms with Crippen LogP contribution in [-0.2, 0) is 4.74 Å². The van der Waals surface area contributed by atoms with Crippen molar-refractivity contribution in [3.8, 4) is 0 Å². The summed E-state index contributed by atoms with van der Waals surface area (Å²) >= 11 is 0. The molecule has 9 heteroatoms. The van der Waals surface area contributed by atoms with Gasteiger partial charge < -0.3 is 14.7 Å². The Morgan fingerprint density at radius 3 is 2.91 bits per heavy atom. The quantitative estimate of drug-likeness (QED) is 0.507. The molecule has 2 aliphatic heterocycles. The highest BCUT2D eigenvalue weighted by atomic mass is 16.5. The molecule has 3 atom stereocenters. The van der Waals surface area contributed by atoms with Crippen LogP contribution < -0.4 is 10.6 Å². The lowest BCUT2D eigenvalue weighted by Crippen LogP contribution is -2.31. The molecule has 0 spiro atoms. The lowest BCUT2D eigenvalue weighted by molar-refractivity contribution is -0.0270. The number of ether oxygens (including phenoxy) is 1. The molecule has 3 heterocycles. The second-order valence-corrected chi connectivity index (χ2v) is 5.95. The van der Waals surface area contributed by atoms with Gasteiger partial charge in [0.25, 0.3) is 0 Å². The van der Waals surface area contributed by atoms with E-state index in [1.165, 1.54) is 4.57 Å². The monoisotopic (exact) mass is 320 g/mol. The summed E-state index contributed by atoms with van der Waals surface area (Å²) in [5.74, 6) is 0.729. The van der Waals surface area contributed by atoms with Crippen molar-refractivity contribution in [3.05, 3.63) is 32.7 Å². The van der Waals surface area contributed by atoms with E-state index in [0.717, 1.165) is 37.3 Å². The number of aliphatic hydroxyl groups excluding tert-OH is 1. The third-order valence-corrected chi connectivity index (χ3v) is 4.41. The van der Waals surface area contributed by atoms with Crippen molar-refractivity contribution in [2.75, 3.05) is 24.6 Å². The van der Waals surface area contributed by atoms with Gasteiger partial charge in [-0.1, -0.05) is 5.11 Å². The van der Waals surface area contributed by atoms with E-state index in [1.807, 2.05) is 6.92 Å². The zero-order valence-electron chi connectivity index (χ0n) is 13.0. The number of aromatic nitrogens is 2. The first-order valence-electron chi connectivity index (χ1n) is 7.79. The third-order valence-electron chi connectivity index (χ3n) is 4.41. The van der Waals surface area contributed by atoms with E-state index in [0.29, 0.717) is 6.42 Å². The number of anilines is 1. The molecular formula is C14H20N6O3. The normalized spacial score (nSPS) is 27.2. The number of azide groups is 1. The molecular weight excluding hydrogens is 300 g/mol. The average molecular weight is 320 g/mol. The first-order valence-corrected chi connectivity index (χ1v) is 7.79. The minimum Gasteiger partial charge on any atom is -0.394 e. The van der Waals surface area contributed by atoms with Crippen molar-refractivity contribution >= 4 is 5.82 Å². The summed E-state index contributed by atoms with van der Waals surface area (Å²) in [5.41, 5.74) is 9.11. The smallest absolute Gasteiger partial charge is 0.351 e. The van der Waals surface area contributed by atoms with E-state index >= 15 is 0 Å². The number of hydrogen-bond donors (Lipinski definition) is 1. The Labute approximate surface area is 133 Å². The molecule has 124 valence electrons. The fraction of sp³-hybridized carbons (Fsp3) is 0.714. The first-order chi connectivity index (χ1) is 11.1. The fourth-order valence-corrected chi connectivity index (χ4v) is 3.25. The van der Waals surface area contributed by atoms with E-state index in [1.54, 1.807) is 6.20 Å². The van der Waals surface area contributed by atoms with Crippen molar-refractivity contribution in [1.29, 1.82) is 0 Å². The van der Waals surface area contributed by atoms with Gasteiger partial charge >= 0.3 is 5.69 Å². The zero-order chi connectivity index (χ0) is 16.4. The second kappa shape index (κ2) is 6.57. The topological polar surface area (TPSA) is 116 Å². The van der Waals surface area contributed by atoms with Gasteiger partial charge in [-0.25, -0.2) is 4.79 Å². The summed E-state index contributed by atoms with van der Waals surface area (Å²) in [6.45, 7) is 3.50. The van der Waals surface area contributed by atoms with Crippen LogP contribution in [0.3, 0.4) is 0 Å². The molecule has 9 nitrogen and oxygen atoms in total. The van der Waals surface area contributed by atoms with Gasteiger partial charge in [0.1, 0.15) is 12.0 Å². The molecule has 23 heavy (non-hydrogen) atoms. The highest BCUT2D eigenvalue weighted by Crippen LogP contribution is 2.30. The molecule has 1 unspecified atom stereocenters. The number of aryl methyl sites for hydroxylation is 1. The van der Waals surface area contributed by atoms with Crippen LogP contribution in [0.4, 0.5) is 5.82 Å².